The average molecular weight is 353 g/mol. The van der Waals surface area contributed by atoms with Gasteiger partial charge in [0.25, 0.3) is 5.91 Å². The van der Waals surface area contributed by atoms with Crippen molar-refractivity contribution in [3.63, 3.8) is 0 Å². The third-order valence-corrected chi connectivity index (χ3v) is 5.35. The third-order valence-electron chi connectivity index (χ3n) is 4.10. The second kappa shape index (κ2) is 7.49. The van der Waals surface area contributed by atoms with Crippen LogP contribution < -0.4 is 5.32 Å². The molecular formula is C20H19NO3S. The highest BCUT2D eigenvalue weighted by Gasteiger charge is 2.17. The van der Waals surface area contributed by atoms with Crippen LogP contribution in [0.5, 0.6) is 0 Å². The van der Waals surface area contributed by atoms with Crippen LogP contribution in [0.2, 0.25) is 0 Å². The summed E-state index contributed by atoms with van der Waals surface area (Å²) in [5.41, 5.74) is 3.05. The van der Waals surface area contributed by atoms with Gasteiger partial charge >= 0.3 is 5.97 Å². The molecule has 0 fully saturated rings. The van der Waals surface area contributed by atoms with E-state index in [9.17, 15) is 9.59 Å². The third kappa shape index (κ3) is 3.88. The number of amides is 1. The Morgan fingerprint density at radius 2 is 1.76 bits per heavy atom. The molecule has 0 bridgehead atoms. The Morgan fingerprint density at radius 1 is 1.04 bits per heavy atom. The quantitative estimate of drug-likeness (QED) is 0.706. The van der Waals surface area contributed by atoms with Crippen molar-refractivity contribution in [3.05, 3.63) is 70.1 Å². The molecule has 0 unspecified atom stereocenters. The number of rotatable bonds is 5. The van der Waals surface area contributed by atoms with Crippen molar-refractivity contribution in [2.24, 2.45) is 0 Å². The first-order valence-corrected chi connectivity index (χ1v) is 8.84. The molecule has 3 aromatic rings. The van der Waals surface area contributed by atoms with E-state index in [0.717, 1.165) is 26.8 Å². The molecule has 0 saturated heterocycles. The molecule has 1 heterocycles. The molecule has 0 aliphatic rings. The van der Waals surface area contributed by atoms with Gasteiger partial charge in [0, 0.05) is 11.2 Å². The maximum Gasteiger partial charge on any atom is 0.349 e. The van der Waals surface area contributed by atoms with Gasteiger partial charge in [-0.3, -0.25) is 4.79 Å². The Labute approximate surface area is 150 Å². The maximum absolute atomic E-state index is 12.3. The molecule has 0 saturated carbocycles. The molecule has 1 N–H and O–H groups in total. The zero-order chi connectivity index (χ0) is 17.8. The lowest BCUT2D eigenvalue weighted by Crippen LogP contribution is -2.28. The van der Waals surface area contributed by atoms with Crippen molar-refractivity contribution in [1.82, 2.24) is 5.32 Å². The Kier molecular flexibility index (Phi) is 5.14. The van der Waals surface area contributed by atoms with Crippen LogP contribution in [-0.4, -0.2) is 18.5 Å². The predicted octanol–water partition coefficient (Wildman–Crippen LogP) is 3.99. The van der Waals surface area contributed by atoms with E-state index in [4.69, 9.17) is 4.74 Å². The van der Waals surface area contributed by atoms with Crippen LogP contribution in [-0.2, 0) is 16.1 Å². The molecule has 2 aromatic carbocycles. The SMILES string of the molecule is Cc1ccccc1CNC(=O)COC(=O)c1sc2ccccc2c1C. The molecule has 1 aromatic heterocycles. The first-order chi connectivity index (χ1) is 12.1. The molecule has 5 heteroatoms. The van der Waals surface area contributed by atoms with E-state index in [2.05, 4.69) is 5.32 Å². The fourth-order valence-electron chi connectivity index (χ4n) is 2.62. The summed E-state index contributed by atoms with van der Waals surface area (Å²) < 4.78 is 6.22. The van der Waals surface area contributed by atoms with Crippen LogP contribution in [0.3, 0.4) is 0 Å². The average Bonchev–Trinajstić information content (AvgIpc) is 2.96. The van der Waals surface area contributed by atoms with E-state index in [0.29, 0.717) is 11.4 Å². The van der Waals surface area contributed by atoms with E-state index in [1.54, 1.807) is 0 Å². The number of ether oxygens (including phenoxy) is 1. The van der Waals surface area contributed by atoms with Crippen molar-refractivity contribution in [2.75, 3.05) is 6.61 Å². The van der Waals surface area contributed by atoms with Gasteiger partial charge in [0.1, 0.15) is 4.88 Å². The highest BCUT2D eigenvalue weighted by Crippen LogP contribution is 2.30. The van der Waals surface area contributed by atoms with Gasteiger partial charge in [-0.2, -0.15) is 0 Å². The van der Waals surface area contributed by atoms with Crippen molar-refractivity contribution < 1.29 is 14.3 Å². The summed E-state index contributed by atoms with van der Waals surface area (Å²) in [5.74, 6) is -0.764. The summed E-state index contributed by atoms with van der Waals surface area (Å²) in [6.07, 6.45) is 0. The predicted molar refractivity (Wildman–Crippen MR) is 99.9 cm³/mol. The van der Waals surface area contributed by atoms with Gasteiger partial charge in [0.15, 0.2) is 6.61 Å². The van der Waals surface area contributed by atoms with Crippen LogP contribution >= 0.6 is 11.3 Å². The number of fused-ring (bicyclic) bond motifs is 1. The van der Waals surface area contributed by atoms with Crippen molar-refractivity contribution >= 4 is 33.3 Å². The summed E-state index contributed by atoms with van der Waals surface area (Å²) in [6, 6.07) is 15.7. The number of hydrogen-bond acceptors (Lipinski definition) is 4. The highest BCUT2D eigenvalue weighted by atomic mass is 32.1. The molecular weight excluding hydrogens is 334 g/mol. The minimum Gasteiger partial charge on any atom is -0.451 e. The number of carbonyl (C=O) groups is 2. The number of benzene rings is 2. The second-order valence-corrected chi connectivity index (χ2v) is 6.88. The minimum atomic E-state index is -0.454. The standard InChI is InChI=1S/C20H19NO3S/c1-13-7-3-4-8-15(13)11-21-18(22)12-24-20(23)19-14(2)16-9-5-6-10-17(16)25-19/h3-10H,11-12H2,1-2H3,(H,21,22). The van der Waals surface area contributed by atoms with Gasteiger partial charge in [-0.05, 0) is 42.0 Å². The van der Waals surface area contributed by atoms with Crippen LogP contribution in [0.4, 0.5) is 0 Å². The Hall–Kier alpha value is -2.66. The van der Waals surface area contributed by atoms with Crippen LogP contribution in [0.1, 0.15) is 26.4 Å². The minimum absolute atomic E-state index is 0.279. The first kappa shape index (κ1) is 17.2. The summed E-state index contributed by atoms with van der Waals surface area (Å²) in [4.78, 5) is 24.8. The number of hydrogen-bond donors (Lipinski definition) is 1. The van der Waals surface area contributed by atoms with Crippen LogP contribution in [0.25, 0.3) is 10.1 Å². The summed E-state index contributed by atoms with van der Waals surface area (Å²) in [6.45, 7) is 4.03. The zero-order valence-electron chi connectivity index (χ0n) is 14.2. The highest BCUT2D eigenvalue weighted by molar-refractivity contribution is 7.21. The maximum atomic E-state index is 12.3. The summed E-state index contributed by atoms with van der Waals surface area (Å²) >= 11 is 1.39. The van der Waals surface area contributed by atoms with Crippen molar-refractivity contribution in [1.29, 1.82) is 0 Å². The Balaban J connectivity index is 1.57. The number of thiophene rings is 1. The smallest absolute Gasteiger partial charge is 0.349 e. The molecule has 0 spiro atoms. The molecule has 0 aliphatic heterocycles. The monoisotopic (exact) mass is 353 g/mol. The molecule has 0 aliphatic carbocycles. The second-order valence-electron chi connectivity index (χ2n) is 5.83. The number of nitrogens with one attached hydrogen (secondary N) is 1. The van der Waals surface area contributed by atoms with Gasteiger partial charge in [0.05, 0.1) is 0 Å². The van der Waals surface area contributed by atoms with Gasteiger partial charge in [0.2, 0.25) is 0 Å². The molecule has 0 radical (unpaired) electrons. The van der Waals surface area contributed by atoms with Gasteiger partial charge in [-0.15, -0.1) is 11.3 Å². The van der Waals surface area contributed by atoms with Gasteiger partial charge in [-0.25, -0.2) is 4.79 Å². The number of esters is 1. The molecule has 4 nitrogen and oxygen atoms in total. The van der Waals surface area contributed by atoms with E-state index in [1.165, 1.54) is 11.3 Å². The number of aryl methyl sites for hydroxylation is 2. The largest absolute Gasteiger partial charge is 0.451 e. The molecule has 25 heavy (non-hydrogen) atoms. The zero-order valence-corrected chi connectivity index (χ0v) is 15.0. The molecule has 3 rings (SSSR count). The topological polar surface area (TPSA) is 55.4 Å². The van der Waals surface area contributed by atoms with E-state index in [1.807, 2.05) is 62.4 Å². The fraction of sp³-hybridized carbons (Fsp3) is 0.200. The molecule has 0 atom stereocenters. The fourth-order valence-corrected chi connectivity index (χ4v) is 3.72. The van der Waals surface area contributed by atoms with Crippen LogP contribution in [0, 0.1) is 13.8 Å². The van der Waals surface area contributed by atoms with Crippen molar-refractivity contribution in [3.8, 4) is 0 Å². The molecule has 1 amide bonds. The first-order valence-electron chi connectivity index (χ1n) is 8.02. The normalized spacial score (nSPS) is 10.6. The Morgan fingerprint density at radius 3 is 2.52 bits per heavy atom. The Bertz CT molecular complexity index is 930. The molecule has 128 valence electrons. The van der Waals surface area contributed by atoms with Gasteiger partial charge in [-0.1, -0.05) is 42.5 Å². The lowest BCUT2D eigenvalue weighted by atomic mass is 10.1. The van der Waals surface area contributed by atoms with Crippen LogP contribution in [0.15, 0.2) is 48.5 Å². The lowest BCUT2D eigenvalue weighted by Gasteiger charge is -2.08. The van der Waals surface area contributed by atoms with Crippen molar-refractivity contribution in [2.45, 2.75) is 20.4 Å². The van der Waals surface area contributed by atoms with Gasteiger partial charge < -0.3 is 10.1 Å². The summed E-state index contributed by atoms with van der Waals surface area (Å²) in [5, 5.41) is 3.82. The van der Waals surface area contributed by atoms with E-state index in [-0.39, 0.29) is 12.5 Å². The lowest BCUT2D eigenvalue weighted by molar-refractivity contribution is -0.124. The van der Waals surface area contributed by atoms with E-state index >= 15 is 0 Å². The van der Waals surface area contributed by atoms with E-state index < -0.39 is 5.97 Å². The summed E-state index contributed by atoms with van der Waals surface area (Å²) in [7, 11) is 0. The number of carbonyl (C=O) groups excluding carboxylic acids is 2.